The van der Waals surface area contributed by atoms with Gasteiger partial charge in [0.1, 0.15) is 16.8 Å². The van der Waals surface area contributed by atoms with Crippen molar-refractivity contribution in [3.8, 4) is 0 Å². The minimum absolute atomic E-state index is 0.209. The summed E-state index contributed by atoms with van der Waals surface area (Å²) >= 11 is 7.19. The number of esters is 1. The summed E-state index contributed by atoms with van der Waals surface area (Å²) in [5.74, 6) is -0.630. The molecule has 1 heterocycles. The molecule has 7 nitrogen and oxygen atoms in total. The number of rotatable bonds is 10. The molecular formula is C32H32ClN3O4S. The van der Waals surface area contributed by atoms with Crippen molar-refractivity contribution < 1.29 is 19.2 Å². The van der Waals surface area contributed by atoms with Crippen molar-refractivity contribution in [2.45, 2.75) is 51.4 Å². The lowest BCUT2D eigenvalue weighted by atomic mass is 9.77. The zero-order chi connectivity index (χ0) is 29.7. The Labute approximate surface area is 249 Å². The van der Waals surface area contributed by atoms with Crippen LogP contribution in [-0.2, 0) is 24.7 Å². The van der Waals surface area contributed by atoms with Gasteiger partial charge < -0.3 is 14.9 Å². The van der Waals surface area contributed by atoms with Crippen molar-refractivity contribution in [2.75, 3.05) is 5.32 Å². The Morgan fingerprint density at radius 1 is 0.805 bits per heavy atom. The molecule has 0 aliphatic heterocycles. The summed E-state index contributed by atoms with van der Waals surface area (Å²) in [6.07, 6.45) is 0. The van der Waals surface area contributed by atoms with Gasteiger partial charge in [-0.3, -0.25) is 4.79 Å². The van der Waals surface area contributed by atoms with Crippen LogP contribution in [0.1, 0.15) is 57.0 Å². The lowest BCUT2D eigenvalue weighted by Crippen LogP contribution is -2.40. The second kappa shape index (κ2) is 12.2. The number of ether oxygens (including phenoxy) is 1. The van der Waals surface area contributed by atoms with Gasteiger partial charge in [-0.15, -0.1) is 11.3 Å². The molecule has 0 aliphatic rings. The minimum atomic E-state index is -1.47. The first-order valence-corrected chi connectivity index (χ1v) is 14.3. The summed E-state index contributed by atoms with van der Waals surface area (Å²) in [7, 11) is 0. The van der Waals surface area contributed by atoms with E-state index in [9.17, 15) is 9.59 Å². The number of nitrogens with zero attached hydrogens (tertiary/aromatic N) is 2. The molecule has 0 amide bonds. The maximum absolute atomic E-state index is 12.6. The Morgan fingerprint density at radius 3 is 1.68 bits per heavy atom. The molecule has 0 aliphatic carbocycles. The van der Waals surface area contributed by atoms with Crippen molar-refractivity contribution in [3.05, 3.63) is 119 Å². The molecule has 212 valence electrons. The molecule has 0 bridgehead atoms. The third kappa shape index (κ3) is 7.01. The van der Waals surface area contributed by atoms with Crippen molar-refractivity contribution in [1.82, 2.24) is 4.98 Å². The second-order valence-corrected chi connectivity index (χ2v) is 12.0. The number of thiazole rings is 1. The quantitative estimate of drug-likeness (QED) is 0.0694. The molecule has 41 heavy (non-hydrogen) atoms. The molecular weight excluding hydrogens is 558 g/mol. The van der Waals surface area contributed by atoms with E-state index in [1.54, 1.807) is 26.2 Å². The largest absolute Gasteiger partial charge is 0.457 e. The zero-order valence-electron chi connectivity index (χ0n) is 23.6. The Hall–Kier alpha value is -4.01. The maximum atomic E-state index is 12.6. The van der Waals surface area contributed by atoms with Crippen LogP contribution in [0.2, 0.25) is 0 Å². The highest BCUT2D eigenvalue weighted by molar-refractivity contribution is 7.14. The molecule has 0 spiro atoms. The maximum Gasteiger partial charge on any atom is 0.353 e. The van der Waals surface area contributed by atoms with Crippen molar-refractivity contribution in [3.63, 3.8) is 0 Å². The van der Waals surface area contributed by atoms with Crippen LogP contribution in [0.15, 0.2) is 102 Å². The molecule has 9 heteroatoms. The lowest BCUT2D eigenvalue weighted by molar-refractivity contribution is -0.179. The van der Waals surface area contributed by atoms with Crippen molar-refractivity contribution >= 4 is 45.0 Å². The Balaban J connectivity index is 1.74. The Bertz CT molecular complexity index is 1420. The summed E-state index contributed by atoms with van der Waals surface area (Å²) in [6.45, 7) is 8.26. The number of carbonyl (C=O) groups excluding carboxylic acids is 2. The van der Waals surface area contributed by atoms with Crippen molar-refractivity contribution in [2.24, 2.45) is 5.16 Å². The Morgan fingerprint density at radius 2 is 1.27 bits per heavy atom. The zero-order valence-corrected chi connectivity index (χ0v) is 25.1. The van der Waals surface area contributed by atoms with Gasteiger partial charge >= 0.3 is 5.97 Å². The summed E-state index contributed by atoms with van der Waals surface area (Å²) in [5.41, 5.74) is -0.0127. The van der Waals surface area contributed by atoms with Crippen LogP contribution in [0, 0.1) is 0 Å². The lowest BCUT2D eigenvalue weighted by Gasteiger charge is -2.36. The van der Waals surface area contributed by atoms with Gasteiger partial charge in [-0.25, -0.2) is 9.78 Å². The highest BCUT2D eigenvalue weighted by Crippen LogP contribution is 2.40. The SMILES string of the molecule is CC(C)(C)OC(=O)C(C)(C)ON=C(C(=O)Cl)c1csc(NC(c2ccccc2)(c2ccccc2)c2ccccc2)n1. The molecule has 0 saturated heterocycles. The van der Waals surface area contributed by atoms with Crippen LogP contribution in [0.4, 0.5) is 5.13 Å². The second-order valence-electron chi connectivity index (χ2n) is 10.8. The van der Waals surface area contributed by atoms with Crippen LogP contribution >= 0.6 is 22.9 Å². The van der Waals surface area contributed by atoms with E-state index in [4.69, 9.17) is 21.2 Å². The number of anilines is 1. The smallest absolute Gasteiger partial charge is 0.353 e. The predicted octanol–water partition coefficient (Wildman–Crippen LogP) is 7.15. The molecule has 0 saturated carbocycles. The van der Waals surface area contributed by atoms with Gasteiger partial charge in [0.15, 0.2) is 10.8 Å². The number of hydrogen-bond acceptors (Lipinski definition) is 8. The van der Waals surface area contributed by atoms with Gasteiger partial charge in [0, 0.05) is 5.38 Å². The van der Waals surface area contributed by atoms with E-state index in [-0.39, 0.29) is 11.4 Å². The summed E-state index contributed by atoms with van der Waals surface area (Å²) in [6, 6.07) is 30.2. The Kier molecular flexibility index (Phi) is 8.95. The number of carbonyl (C=O) groups is 2. The topological polar surface area (TPSA) is 89.9 Å². The first kappa shape index (κ1) is 30.0. The number of halogens is 1. The summed E-state index contributed by atoms with van der Waals surface area (Å²) < 4.78 is 5.41. The monoisotopic (exact) mass is 589 g/mol. The fourth-order valence-electron chi connectivity index (χ4n) is 4.16. The van der Waals surface area contributed by atoms with E-state index in [1.165, 1.54) is 25.2 Å². The number of aromatic nitrogens is 1. The average molecular weight is 590 g/mol. The number of nitrogens with one attached hydrogen (secondary N) is 1. The molecule has 0 radical (unpaired) electrons. The molecule has 0 atom stereocenters. The fraction of sp³-hybridized carbons (Fsp3) is 0.250. The van der Waals surface area contributed by atoms with Gasteiger partial charge in [-0.2, -0.15) is 0 Å². The summed E-state index contributed by atoms with van der Waals surface area (Å²) in [4.78, 5) is 35.2. The predicted molar refractivity (Wildman–Crippen MR) is 163 cm³/mol. The standard InChI is InChI=1S/C32H32ClN3O4S/c1-30(2,3)39-28(38)31(4,5)40-36-26(27(33)37)25-21-41-29(34-25)35-32(22-15-9-6-10-16-22,23-17-11-7-12-18-23)24-19-13-8-14-20-24/h6-21H,1-5H3,(H,34,35). The van der Waals surface area contributed by atoms with Crippen LogP contribution in [0.5, 0.6) is 0 Å². The third-order valence-corrected chi connectivity index (χ3v) is 7.04. The van der Waals surface area contributed by atoms with Crippen LogP contribution < -0.4 is 5.32 Å². The first-order valence-electron chi connectivity index (χ1n) is 13.0. The number of hydrogen-bond donors (Lipinski definition) is 1. The van der Waals surface area contributed by atoms with Gasteiger partial charge in [0.05, 0.1) is 0 Å². The number of benzene rings is 3. The highest BCUT2D eigenvalue weighted by atomic mass is 35.5. The molecule has 1 N–H and O–H groups in total. The molecule has 4 rings (SSSR count). The highest BCUT2D eigenvalue weighted by Gasteiger charge is 2.38. The molecule has 0 unspecified atom stereocenters. The fourth-order valence-corrected chi connectivity index (χ4v) is 5.04. The van der Waals surface area contributed by atoms with Crippen LogP contribution in [-0.4, -0.2) is 33.1 Å². The normalized spacial score (nSPS) is 12.5. The third-order valence-electron chi connectivity index (χ3n) is 6.10. The van der Waals surface area contributed by atoms with E-state index >= 15 is 0 Å². The first-order chi connectivity index (χ1) is 19.4. The van der Waals surface area contributed by atoms with E-state index in [0.717, 1.165) is 16.7 Å². The van der Waals surface area contributed by atoms with Crippen molar-refractivity contribution in [1.29, 1.82) is 0 Å². The molecule has 4 aromatic rings. The van der Waals surface area contributed by atoms with Crippen LogP contribution in [0.25, 0.3) is 0 Å². The van der Waals surface area contributed by atoms with E-state index in [0.29, 0.717) is 5.13 Å². The van der Waals surface area contributed by atoms with Crippen LogP contribution in [0.3, 0.4) is 0 Å². The van der Waals surface area contributed by atoms with Gasteiger partial charge in [0.2, 0.25) is 5.60 Å². The minimum Gasteiger partial charge on any atom is -0.457 e. The molecule has 1 aromatic heterocycles. The van der Waals surface area contributed by atoms with Gasteiger partial charge in [0.25, 0.3) is 5.24 Å². The molecule has 0 fully saturated rings. The van der Waals surface area contributed by atoms with E-state index < -0.39 is 28.0 Å². The van der Waals surface area contributed by atoms with E-state index in [1.807, 2.05) is 54.6 Å². The summed E-state index contributed by atoms with van der Waals surface area (Å²) in [5, 5.41) is 8.92. The number of oxime groups is 1. The molecule has 3 aromatic carbocycles. The van der Waals surface area contributed by atoms with Gasteiger partial charge in [-0.1, -0.05) is 96.2 Å². The van der Waals surface area contributed by atoms with E-state index in [2.05, 4.69) is 51.9 Å². The average Bonchev–Trinajstić information content (AvgIpc) is 3.40. The van der Waals surface area contributed by atoms with Gasteiger partial charge in [-0.05, 0) is 62.9 Å².